The average molecular weight is 289 g/mol. The molecular weight excluding hydrogens is 264 g/mol. The van der Waals surface area contributed by atoms with Gasteiger partial charge in [-0.15, -0.1) is 3.97 Å². The number of aromatic nitrogens is 2. The molecule has 2 heterocycles. The number of nitrogens with zero attached hydrogens (tertiary/aromatic N) is 2. The molecule has 2 aromatic heterocycles. The van der Waals surface area contributed by atoms with Gasteiger partial charge < -0.3 is 0 Å². The molecule has 1 fully saturated rings. The molecule has 0 aliphatic heterocycles. The van der Waals surface area contributed by atoms with Gasteiger partial charge in [-0.1, -0.05) is 33.1 Å². The monoisotopic (exact) mass is 289 g/mol. The summed E-state index contributed by atoms with van der Waals surface area (Å²) in [5.74, 6) is 1.54. The maximum absolute atomic E-state index is 4.23. The van der Waals surface area contributed by atoms with Gasteiger partial charge in [0.25, 0.3) is 0 Å². The minimum atomic E-state index is 0.104. The summed E-state index contributed by atoms with van der Waals surface area (Å²) in [6, 6.07) is 2.43. The molecule has 0 aromatic carbocycles. The van der Waals surface area contributed by atoms with E-state index in [1.54, 1.807) is 10.4 Å². The molecule has 0 spiro atoms. The lowest BCUT2D eigenvalue weighted by Crippen LogP contribution is -2.07. The zero-order valence-corrected chi connectivity index (χ0v) is 13.4. The maximum atomic E-state index is 4.23. The number of rotatable bonds is 4. The quantitative estimate of drug-likeness (QED) is 0.708. The van der Waals surface area contributed by atoms with E-state index in [4.69, 9.17) is 0 Å². The number of imidazole rings is 1. The van der Waals surface area contributed by atoms with Crippen molar-refractivity contribution in [2.24, 2.45) is 5.92 Å². The van der Waals surface area contributed by atoms with Crippen molar-refractivity contribution in [3.8, 4) is 0 Å². The Kier molecular flexibility index (Phi) is 4.25. The van der Waals surface area contributed by atoms with Gasteiger partial charge in [-0.25, -0.2) is 4.98 Å². The number of hydrogen-bond acceptors (Lipinski definition) is 1. The van der Waals surface area contributed by atoms with Gasteiger partial charge in [-0.3, -0.25) is 0 Å². The van der Waals surface area contributed by atoms with Crippen LogP contribution in [-0.4, -0.2) is 8.96 Å². The van der Waals surface area contributed by atoms with Crippen LogP contribution in [0, 0.1) is 5.92 Å². The molecule has 0 bridgehead atoms. The van der Waals surface area contributed by atoms with Crippen LogP contribution in [0.4, 0.5) is 0 Å². The van der Waals surface area contributed by atoms with E-state index < -0.39 is 0 Å². The van der Waals surface area contributed by atoms with Gasteiger partial charge >= 0.3 is 0 Å². The Balaban J connectivity index is 1.96. The highest BCUT2D eigenvalue weighted by Gasteiger charge is 2.28. The molecule has 108 valence electrons. The molecule has 3 heteroatoms. The highest BCUT2D eigenvalue weighted by Crippen LogP contribution is 2.41. The first-order valence-electron chi connectivity index (χ1n) is 7.88. The smallest absolute Gasteiger partial charge is 0.182 e. The fraction of sp³-hybridized carbons (Fsp3) is 0.588. The van der Waals surface area contributed by atoms with Crippen LogP contribution in [0.2, 0.25) is 0 Å². The molecular formula is C17H25N2S+. The van der Waals surface area contributed by atoms with E-state index in [0.29, 0.717) is 0 Å². The zero-order valence-electron chi connectivity index (χ0n) is 12.6. The highest BCUT2D eigenvalue weighted by molar-refractivity contribution is 7.28. The van der Waals surface area contributed by atoms with Crippen LogP contribution in [0.15, 0.2) is 30.2 Å². The Morgan fingerprint density at radius 3 is 2.75 bits per heavy atom. The van der Waals surface area contributed by atoms with Gasteiger partial charge in [0.2, 0.25) is 0 Å². The summed E-state index contributed by atoms with van der Waals surface area (Å²) in [7, 11) is 0.104. The minimum Gasteiger partial charge on any atom is -0.240 e. The van der Waals surface area contributed by atoms with Crippen molar-refractivity contribution >= 4 is 10.7 Å². The Morgan fingerprint density at radius 2 is 2.10 bits per heavy atom. The molecule has 0 N–H and O–H groups in total. The molecule has 1 saturated carbocycles. The Bertz CT molecular complexity index is 533. The predicted octanol–water partition coefficient (Wildman–Crippen LogP) is 5.19. The molecule has 0 amide bonds. The van der Waals surface area contributed by atoms with Gasteiger partial charge in [0.05, 0.1) is 12.4 Å². The second-order valence-electron chi connectivity index (χ2n) is 6.35. The Morgan fingerprint density at radius 1 is 1.30 bits per heavy atom. The lowest BCUT2D eigenvalue weighted by molar-refractivity contribution is 0.441. The van der Waals surface area contributed by atoms with Crippen LogP contribution in [0.5, 0.6) is 0 Å². The number of hydrogen-bond donors (Lipinski definition) is 0. The average Bonchev–Trinajstić information content (AvgIpc) is 3.08. The van der Waals surface area contributed by atoms with Crippen LogP contribution in [0.3, 0.4) is 0 Å². The Hall–Kier alpha value is -1.09. The van der Waals surface area contributed by atoms with Crippen LogP contribution in [0.25, 0.3) is 0 Å². The van der Waals surface area contributed by atoms with E-state index >= 15 is 0 Å². The SMILES string of the molecule is CC(C)Cc1c(C2CCCCC2)cc[s+]1-n1ccnc1. The van der Waals surface area contributed by atoms with E-state index in [1.807, 2.05) is 12.5 Å². The maximum Gasteiger partial charge on any atom is 0.182 e. The predicted molar refractivity (Wildman–Crippen MR) is 86.3 cm³/mol. The molecule has 0 saturated heterocycles. The molecule has 3 rings (SSSR count). The molecule has 2 aromatic rings. The third-order valence-electron chi connectivity index (χ3n) is 4.30. The molecule has 0 radical (unpaired) electrons. The normalized spacial score (nSPS) is 17.9. The second-order valence-corrected chi connectivity index (χ2v) is 8.17. The largest absolute Gasteiger partial charge is 0.240 e. The third kappa shape index (κ3) is 2.83. The van der Waals surface area contributed by atoms with Crippen LogP contribution in [-0.2, 0) is 6.42 Å². The second kappa shape index (κ2) is 6.13. The summed E-state index contributed by atoms with van der Waals surface area (Å²) in [4.78, 5) is 5.90. The van der Waals surface area contributed by atoms with Gasteiger partial charge in [-0.05, 0) is 24.7 Å². The molecule has 20 heavy (non-hydrogen) atoms. The minimum absolute atomic E-state index is 0.104. The van der Waals surface area contributed by atoms with Crippen LogP contribution >= 0.6 is 10.7 Å². The van der Waals surface area contributed by atoms with E-state index in [1.165, 1.54) is 38.5 Å². The first-order valence-corrected chi connectivity index (χ1v) is 9.13. The topological polar surface area (TPSA) is 17.8 Å². The molecule has 1 aliphatic rings. The van der Waals surface area contributed by atoms with Crippen molar-refractivity contribution in [3.63, 3.8) is 0 Å². The van der Waals surface area contributed by atoms with Crippen molar-refractivity contribution in [2.45, 2.75) is 58.3 Å². The molecule has 1 unspecified atom stereocenters. The molecule has 1 aliphatic carbocycles. The Labute approximate surface area is 125 Å². The third-order valence-corrected chi connectivity index (χ3v) is 6.27. The van der Waals surface area contributed by atoms with E-state index in [2.05, 4.69) is 40.4 Å². The van der Waals surface area contributed by atoms with Crippen molar-refractivity contribution in [1.29, 1.82) is 0 Å². The van der Waals surface area contributed by atoms with Crippen molar-refractivity contribution in [2.75, 3.05) is 0 Å². The first kappa shape index (κ1) is 13.9. The van der Waals surface area contributed by atoms with Gasteiger partial charge in [0.15, 0.2) is 10.3 Å². The zero-order chi connectivity index (χ0) is 13.9. The summed E-state index contributed by atoms with van der Waals surface area (Å²) >= 11 is 0. The standard InChI is InChI=1S/C17H25N2S/c1-14(2)12-17-16(15-6-4-3-5-7-15)8-11-20(17)19-10-9-18-13-19/h8-11,13-15H,3-7,12H2,1-2H3/q+1. The molecule has 1 atom stereocenters. The van der Waals surface area contributed by atoms with Crippen molar-refractivity contribution in [3.05, 3.63) is 40.6 Å². The van der Waals surface area contributed by atoms with Gasteiger partial charge in [0, 0.05) is 18.1 Å². The van der Waals surface area contributed by atoms with Gasteiger partial charge in [-0.2, -0.15) is 0 Å². The summed E-state index contributed by atoms with van der Waals surface area (Å²) in [6.45, 7) is 4.67. The summed E-state index contributed by atoms with van der Waals surface area (Å²) in [6.07, 6.45) is 14.2. The lowest BCUT2D eigenvalue weighted by Gasteiger charge is -2.21. The fourth-order valence-corrected chi connectivity index (χ4v) is 5.50. The van der Waals surface area contributed by atoms with Gasteiger partial charge in [0.1, 0.15) is 17.0 Å². The van der Waals surface area contributed by atoms with Crippen molar-refractivity contribution in [1.82, 2.24) is 8.96 Å². The van der Waals surface area contributed by atoms with E-state index in [9.17, 15) is 0 Å². The first-order chi connectivity index (χ1) is 9.75. The van der Waals surface area contributed by atoms with Crippen LogP contribution < -0.4 is 0 Å². The summed E-state index contributed by atoms with van der Waals surface area (Å²) < 4.78 is 2.28. The van der Waals surface area contributed by atoms with E-state index in [0.717, 1.165) is 11.8 Å². The van der Waals surface area contributed by atoms with Crippen molar-refractivity contribution < 1.29 is 0 Å². The molecule has 2 nitrogen and oxygen atoms in total. The van der Waals surface area contributed by atoms with E-state index in [-0.39, 0.29) is 10.7 Å². The summed E-state index contributed by atoms with van der Waals surface area (Å²) in [5, 5.41) is 2.41. The lowest BCUT2D eigenvalue weighted by atomic mass is 9.83. The number of thiophene rings is 1. The fourth-order valence-electron chi connectivity index (χ4n) is 3.35. The highest BCUT2D eigenvalue weighted by atomic mass is 32.2. The van der Waals surface area contributed by atoms with Crippen LogP contribution in [0.1, 0.15) is 62.3 Å². The summed E-state index contributed by atoms with van der Waals surface area (Å²) in [5.41, 5.74) is 1.66.